The Kier molecular flexibility index (Phi) is 7.98. The summed E-state index contributed by atoms with van der Waals surface area (Å²) in [5, 5.41) is 8.20. The molecule has 3 rings (SSSR count). The number of aromatic nitrogens is 1. The molecule has 1 heterocycles. The molecule has 0 aliphatic rings. The van der Waals surface area contributed by atoms with E-state index >= 15 is 0 Å². The molecule has 0 aliphatic carbocycles. The van der Waals surface area contributed by atoms with E-state index in [1.165, 1.54) is 6.92 Å². The lowest BCUT2D eigenvalue weighted by molar-refractivity contribution is -0.131. The van der Waals surface area contributed by atoms with Crippen LogP contribution in [-0.4, -0.2) is 28.3 Å². The van der Waals surface area contributed by atoms with Crippen LogP contribution in [-0.2, 0) is 15.3 Å². The van der Waals surface area contributed by atoms with Gasteiger partial charge in [-0.05, 0) is 46.6 Å². The number of hydrogen-bond donors (Lipinski definition) is 2. The van der Waals surface area contributed by atoms with Gasteiger partial charge in [0.25, 0.3) is 0 Å². The second-order valence-corrected chi connectivity index (χ2v) is 8.90. The molecule has 3 aromatic rings. The fourth-order valence-corrected chi connectivity index (χ4v) is 4.32. The number of amidine groups is 1. The summed E-state index contributed by atoms with van der Waals surface area (Å²) in [6.07, 6.45) is 1.65. The molecular formula is C23H24BrN3O4S. The molecule has 9 heteroatoms. The van der Waals surface area contributed by atoms with Gasteiger partial charge in [0.15, 0.2) is 5.17 Å². The third-order valence-electron chi connectivity index (χ3n) is 4.69. The zero-order chi connectivity index (χ0) is 23.3. The monoisotopic (exact) mass is 517 g/mol. The molecule has 168 valence electrons. The van der Waals surface area contributed by atoms with Gasteiger partial charge in [-0.1, -0.05) is 43.3 Å². The summed E-state index contributed by atoms with van der Waals surface area (Å²) in [5.41, 5.74) is 8.21. The average molecular weight is 518 g/mol. The Morgan fingerprint density at radius 1 is 1.22 bits per heavy atom. The fourth-order valence-electron chi connectivity index (χ4n) is 3.34. The molecule has 32 heavy (non-hydrogen) atoms. The first-order chi connectivity index (χ1) is 15.3. The van der Waals surface area contributed by atoms with E-state index in [4.69, 9.17) is 20.6 Å². The van der Waals surface area contributed by atoms with Crippen molar-refractivity contribution in [3.8, 4) is 11.4 Å². The van der Waals surface area contributed by atoms with E-state index in [0.29, 0.717) is 33.5 Å². The number of nitrogens with zero attached hydrogens (tertiary/aromatic N) is 1. The topological polar surface area (TPSA) is 107 Å². The molecule has 7 nitrogen and oxygen atoms in total. The first-order valence-electron chi connectivity index (χ1n) is 10.1. The van der Waals surface area contributed by atoms with Gasteiger partial charge < -0.3 is 19.8 Å². The molecular weight excluding hydrogens is 494 g/mol. The zero-order valence-electron chi connectivity index (χ0n) is 17.8. The van der Waals surface area contributed by atoms with E-state index < -0.39 is 11.9 Å². The highest BCUT2D eigenvalue weighted by molar-refractivity contribution is 9.10. The summed E-state index contributed by atoms with van der Waals surface area (Å²) in [4.78, 5) is 24.8. The van der Waals surface area contributed by atoms with E-state index in [-0.39, 0.29) is 10.9 Å². The number of unbranched alkanes of at least 4 members (excludes halogenated alkanes) is 1. The van der Waals surface area contributed by atoms with Gasteiger partial charge in [-0.25, -0.2) is 4.79 Å². The smallest absolute Gasteiger partial charge is 0.340 e. The third kappa shape index (κ3) is 5.34. The Hall–Kier alpha value is -2.78. The van der Waals surface area contributed by atoms with E-state index in [1.807, 2.05) is 47.9 Å². The van der Waals surface area contributed by atoms with Crippen LogP contribution in [0.1, 0.15) is 42.7 Å². The molecule has 2 aromatic carbocycles. The number of thioether (sulfide) groups is 1. The van der Waals surface area contributed by atoms with Gasteiger partial charge in [-0.3, -0.25) is 10.2 Å². The zero-order valence-corrected chi connectivity index (χ0v) is 20.2. The highest BCUT2D eigenvalue weighted by Gasteiger charge is 2.26. The minimum absolute atomic E-state index is 0.0537. The van der Waals surface area contributed by atoms with Crippen LogP contribution in [0.15, 0.2) is 46.9 Å². The molecule has 3 N–H and O–H groups in total. The van der Waals surface area contributed by atoms with Crippen LogP contribution >= 0.6 is 27.7 Å². The fraction of sp³-hybridized carbons (Fsp3) is 0.261. The van der Waals surface area contributed by atoms with Crippen molar-refractivity contribution < 1.29 is 19.1 Å². The van der Waals surface area contributed by atoms with Gasteiger partial charge in [0.2, 0.25) is 0 Å². The lowest BCUT2D eigenvalue weighted by Gasteiger charge is -2.12. The van der Waals surface area contributed by atoms with Gasteiger partial charge in [0.05, 0.1) is 22.2 Å². The number of rotatable bonds is 8. The number of nitrogens with one attached hydrogen (secondary N) is 1. The maximum atomic E-state index is 13.2. The van der Waals surface area contributed by atoms with Crippen molar-refractivity contribution in [2.75, 3.05) is 6.61 Å². The highest BCUT2D eigenvalue weighted by Crippen LogP contribution is 2.38. The standard InChI is InChI=1S/C23H24BrN3O4S/c1-3-4-10-30-22(29)21-16-11-20(31-14(2)28)17(24)12-18(16)27(15-8-6-5-7-9-15)19(21)13-32-23(25)26/h5-9,11-12H,3-4,10,13H2,1-2H3,(H3,25,26). The van der Waals surface area contributed by atoms with Gasteiger partial charge in [-0.2, -0.15) is 0 Å². The number of para-hydroxylation sites is 1. The van der Waals surface area contributed by atoms with E-state index in [2.05, 4.69) is 15.9 Å². The van der Waals surface area contributed by atoms with Crippen LogP contribution in [0.4, 0.5) is 0 Å². The molecule has 0 atom stereocenters. The summed E-state index contributed by atoms with van der Waals surface area (Å²) < 4.78 is 13.4. The first kappa shape index (κ1) is 23.9. The van der Waals surface area contributed by atoms with E-state index in [1.54, 1.807) is 6.07 Å². The van der Waals surface area contributed by atoms with Gasteiger partial charge in [0, 0.05) is 29.4 Å². The molecule has 0 bridgehead atoms. The van der Waals surface area contributed by atoms with Crippen molar-refractivity contribution in [2.45, 2.75) is 32.4 Å². The molecule has 0 saturated carbocycles. The highest BCUT2D eigenvalue weighted by atomic mass is 79.9. The SMILES string of the molecule is CCCCOC(=O)c1c(CSC(=N)N)n(-c2ccccc2)c2cc(Br)c(OC(C)=O)cc12. The van der Waals surface area contributed by atoms with Crippen LogP contribution in [0.2, 0.25) is 0 Å². The van der Waals surface area contributed by atoms with E-state index in [0.717, 1.165) is 35.8 Å². The lowest BCUT2D eigenvalue weighted by Crippen LogP contribution is -2.12. The summed E-state index contributed by atoms with van der Waals surface area (Å²) in [6.45, 7) is 3.65. The molecule has 1 aromatic heterocycles. The van der Waals surface area contributed by atoms with Crippen molar-refractivity contribution in [3.63, 3.8) is 0 Å². The van der Waals surface area contributed by atoms with Crippen molar-refractivity contribution in [3.05, 3.63) is 58.2 Å². The number of nitrogens with two attached hydrogens (primary N) is 1. The number of ether oxygens (including phenoxy) is 2. The lowest BCUT2D eigenvalue weighted by atomic mass is 10.1. The Labute approximate surface area is 198 Å². The summed E-state index contributed by atoms with van der Waals surface area (Å²) in [7, 11) is 0. The van der Waals surface area contributed by atoms with Crippen molar-refractivity contribution in [2.24, 2.45) is 5.73 Å². The van der Waals surface area contributed by atoms with Crippen molar-refractivity contribution >= 4 is 55.7 Å². The number of fused-ring (bicyclic) bond motifs is 1. The van der Waals surface area contributed by atoms with Crippen LogP contribution in [0, 0.1) is 5.41 Å². The molecule has 0 aliphatic heterocycles. The molecule has 0 fully saturated rings. The number of hydrogen-bond acceptors (Lipinski definition) is 6. The van der Waals surface area contributed by atoms with Gasteiger partial charge in [0.1, 0.15) is 5.75 Å². The van der Waals surface area contributed by atoms with E-state index in [9.17, 15) is 9.59 Å². The number of carbonyl (C=O) groups is 2. The number of benzene rings is 2. The summed E-state index contributed by atoms with van der Waals surface area (Å²) in [5.74, 6) is -0.332. The maximum absolute atomic E-state index is 13.2. The molecule has 0 saturated heterocycles. The van der Waals surface area contributed by atoms with Crippen LogP contribution in [0.25, 0.3) is 16.6 Å². The maximum Gasteiger partial charge on any atom is 0.340 e. The Morgan fingerprint density at radius 2 is 1.94 bits per heavy atom. The van der Waals surface area contributed by atoms with Crippen molar-refractivity contribution in [1.82, 2.24) is 4.57 Å². The third-order valence-corrected chi connectivity index (χ3v) is 6.04. The second kappa shape index (κ2) is 10.7. The molecule has 0 amide bonds. The molecule has 0 unspecified atom stereocenters. The Morgan fingerprint density at radius 3 is 2.56 bits per heavy atom. The largest absolute Gasteiger partial charge is 0.462 e. The van der Waals surface area contributed by atoms with Gasteiger partial charge >= 0.3 is 11.9 Å². The van der Waals surface area contributed by atoms with Gasteiger partial charge in [-0.15, -0.1) is 0 Å². The molecule has 0 radical (unpaired) electrons. The normalized spacial score (nSPS) is 10.8. The predicted octanol–water partition coefficient (Wildman–Crippen LogP) is 5.40. The molecule has 0 spiro atoms. The van der Waals surface area contributed by atoms with Crippen LogP contribution in [0.5, 0.6) is 5.75 Å². The van der Waals surface area contributed by atoms with Crippen molar-refractivity contribution in [1.29, 1.82) is 5.41 Å². The first-order valence-corrected chi connectivity index (χ1v) is 11.9. The summed E-state index contributed by atoms with van der Waals surface area (Å²) in [6, 6.07) is 13.1. The summed E-state index contributed by atoms with van der Waals surface area (Å²) >= 11 is 4.59. The number of carbonyl (C=O) groups excluding carboxylic acids is 2. The second-order valence-electron chi connectivity index (χ2n) is 7.03. The van der Waals surface area contributed by atoms with Crippen LogP contribution in [0.3, 0.4) is 0 Å². The minimum atomic E-state index is -0.466. The predicted molar refractivity (Wildman–Crippen MR) is 131 cm³/mol. The van der Waals surface area contributed by atoms with Crippen LogP contribution < -0.4 is 10.5 Å². The number of esters is 2. The minimum Gasteiger partial charge on any atom is -0.462 e. The Balaban J connectivity index is 2.31. The quantitative estimate of drug-likeness (QED) is 0.136. The Bertz CT molecular complexity index is 1160. The number of halogens is 1. The average Bonchev–Trinajstić information content (AvgIpc) is 3.05.